The van der Waals surface area contributed by atoms with Crippen LogP contribution in [0, 0.1) is 0 Å². The molecule has 2 aromatic rings. The molecule has 2 rings (SSSR count). The third-order valence-electron chi connectivity index (χ3n) is 2.68. The van der Waals surface area contributed by atoms with Gasteiger partial charge in [0.05, 0.1) is 5.69 Å². The van der Waals surface area contributed by atoms with Crippen LogP contribution < -0.4 is 11.1 Å². The minimum absolute atomic E-state index is 0.398. The first-order valence-corrected chi connectivity index (χ1v) is 5.75. The van der Waals surface area contributed by atoms with Crippen molar-refractivity contribution in [2.24, 2.45) is 0 Å². The Labute approximate surface area is 102 Å². The third-order valence-corrected chi connectivity index (χ3v) is 2.68. The molecule has 1 aromatic carbocycles. The summed E-state index contributed by atoms with van der Waals surface area (Å²) in [6.07, 6.45) is 1.79. The smallest absolute Gasteiger partial charge is 0.153 e. The summed E-state index contributed by atoms with van der Waals surface area (Å²) in [5.74, 6) is 1.12. The average molecular weight is 227 g/mol. The van der Waals surface area contributed by atoms with Gasteiger partial charge in [-0.2, -0.15) is 0 Å². The number of nitrogen functional groups attached to an aromatic ring is 1. The van der Waals surface area contributed by atoms with E-state index in [1.165, 1.54) is 0 Å². The molecule has 0 unspecified atom stereocenters. The van der Waals surface area contributed by atoms with Crippen molar-refractivity contribution in [1.29, 1.82) is 0 Å². The molecule has 0 fully saturated rings. The number of aromatic nitrogens is 1. The van der Waals surface area contributed by atoms with Crippen LogP contribution in [-0.4, -0.2) is 4.98 Å². The average Bonchev–Trinajstić information content (AvgIpc) is 2.33. The first kappa shape index (κ1) is 11.5. The fourth-order valence-corrected chi connectivity index (χ4v) is 1.75. The molecule has 0 aliphatic heterocycles. The summed E-state index contributed by atoms with van der Waals surface area (Å²) in [5, 5.41) is 3.23. The lowest BCUT2D eigenvalue weighted by Crippen LogP contribution is -2.03. The van der Waals surface area contributed by atoms with Gasteiger partial charge < -0.3 is 11.1 Å². The molecule has 3 nitrogen and oxygen atoms in total. The van der Waals surface area contributed by atoms with Gasteiger partial charge >= 0.3 is 0 Å². The number of nitrogens with two attached hydrogens (primary N) is 1. The largest absolute Gasteiger partial charge is 0.395 e. The van der Waals surface area contributed by atoms with E-state index in [4.69, 9.17) is 5.73 Å². The molecule has 1 heterocycles. The molecule has 88 valence electrons. The second-order valence-electron chi connectivity index (χ2n) is 4.31. The third kappa shape index (κ3) is 2.56. The number of pyridine rings is 1. The van der Waals surface area contributed by atoms with Crippen molar-refractivity contribution in [3.05, 3.63) is 48.2 Å². The first-order chi connectivity index (χ1) is 8.18. The maximum absolute atomic E-state index is 6.11. The highest BCUT2D eigenvalue weighted by Gasteiger charge is 2.09. The highest BCUT2D eigenvalue weighted by atomic mass is 15.0. The van der Waals surface area contributed by atoms with Crippen LogP contribution in [0.25, 0.3) is 0 Å². The second-order valence-corrected chi connectivity index (χ2v) is 4.31. The van der Waals surface area contributed by atoms with E-state index in [1.807, 2.05) is 36.4 Å². The number of hydrogen-bond acceptors (Lipinski definition) is 3. The Morgan fingerprint density at radius 2 is 1.82 bits per heavy atom. The van der Waals surface area contributed by atoms with Crippen LogP contribution in [0.2, 0.25) is 0 Å². The molecule has 0 atom stereocenters. The van der Waals surface area contributed by atoms with Gasteiger partial charge in [0.1, 0.15) is 0 Å². The molecule has 0 bridgehead atoms. The van der Waals surface area contributed by atoms with Crippen LogP contribution in [-0.2, 0) is 0 Å². The molecule has 0 radical (unpaired) electrons. The lowest BCUT2D eigenvalue weighted by atomic mass is 10.0. The SMILES string of the molecule is CC(C)c1ccnc(Nc2ccccc2)c1N. The van der Waals surface area contributed by atoms with Crippen molar-refractivity contribution in [3.8, 4) is 0 Å². The van der Waals surface area contributed by atoms with Crippen LogP contribution in [0.4, 0.5) is 17.2 Å². The van der Waals surface area contributed by atoms with Gasteiger partial charge in [-0.25, -0.2) is 4.98 Å². The van der Waals surface area contributed by atoms with E-state index in [0.29, 0.717) is 5.92 Å². The predicted octanol–water partition coefficient (Wildman–Crippen LogP) is 3.53. The number of nitrogens with zero attached hydrogens (tertiary/aromatic N) is 1. The zero-order valence-electron chi connectivity index (χ0n) is 10.1. The number of anilines is 3. The summed E-state index contributed by atoms with van der Waals surface area (Å²) in [7, 11) is 0. The summed E-state index contributed by atoms with van der Waals surface area (Å²) in [5.41, 5.74) is 8.95. The van der Waals surface area contributed by atoms with Gasteiger partial charge in [-0.1, -0.05) is 32.0 Å². The Balaban J connectivity index is 2.31. The zero-order chi connectivity index (χ0) is 12.3. The van der Waals surface area contributed by atoms with Crippen LogP contribution in [0.3, 0.4) is 0 Å². The number of benzene rings is 1. The molecule has 0 amide bonds. The van der Waals surface area contributed by atoms with Gasteiger partial charge in [0.25, 0.3) is 0 Å². The van der Waals surface area contributed by atoms with Gasteiger partial charge in [-0.05, 0) is 29.7 Å². The maximum atomic E-state index is 6.11. The van der Waals surface area contributed by atoms with Crippen LogP contribution in [0.1, 0.15) is 25.3 Å². The Bertz CT molecular complexity index is 492. The van der Waals surface area contributed by atoms with Gasteiger partial charge in [0.2, 0.25) is 0 Å². The lowest BCUT2D eigenvalue weighted by Gasteiger charge is -2.13. The Morgan fingerprint density at radius 1 is 1.12 bits per heavy atom. The van der Waals surface area contributed by atoms with E-state index >= 15 is 0 Å². The van der Waals surface area contributed by atoms with Crippen molar-refractivity contribution in [3.63, 3.8) is 0 Å². The summed E-state index contributed by atoms with van der Waals surface area (Å²) >= 11 is 0. The maximum Gasteiger partial charge on any atom is 0.153 e. The first-order valence-electron chi connectivity index (χ1n) is 5.75. The molecule has 0 aliphatic rings. The molecule has 0 saturated heterocycles. The molecular formula is C14H17N3. The van der Waals surface area contributed by atoms with Crippen molar-refractivity contribution in [2.45, 2.75) is 19.8 Å². The fourth-order valence-electron chi connectivity index (χ4n) is 1.75. The van der Waals surface area contributed by atoms with Gasteiger partial charge in [-0.3, -0.25) is 0 Å². The summed E-state index contributed by atoms with van der Waals surface area (Å²) in [4.78, 5) is 4.28. The topological polar surface area (TPSA) is 50.9 Å². The van der Waals surface area contributed by atoms with Crippen molar-refractivity contribution < 1.29 is 0 Å². The van der Waals surface area contributed by atoms with E-state index in [0.717, 1.165) is 22.8 Å². The molecule has 1 aromatic heterocycles. The molecule has 3 N–H and O–H groups in total. The van der Waals surface area contributed by atoms with E-state index in [-0.39, 0.29) is 0 Å². The van der Waals surface area contributed by atoms with Crippen LogP contribution in [0.15, 0.2) is 42.6 Å². The number of nitrogens with one attached hydrogen (secondary N) is 1. The van der Waals surface area contributed by atoms with Gasteiger partial charge in [0.15, 0.2) is 5.82 Å². The normalized spacial score (nSPS) is 10.5. The van der Waals surface area contributed by atoms with Crippen LogP contribution in [0.5, 0.6) is 0 Å². The van der Waals surface area contributed by atoms with E-state index in [1.54, 1.807) is 6.20 Å². The predicted molar refractivity (Wildman–Crippen MR) is 72.5 cm³/mol. The van der Waals surface area contributed by atoms with Crippen LogP contribution >= 0.6 is 0 Å². The van der Waals surface area contributed by atoms with Gasteiger partial charge in [-0.15, -0.1) is 0 Å². The number of hydrogen-bond donors (Lipinski definition) is 2. The Kier molecular flexibility index (Phi) is 3.28. The number of rotatable bonds is 3. The van der Waals surface area contributed by atoms with Crippen molar-refractivity contribution in [1.82, 2.24) is 4.98 Å². The van der Waals surface area contributed by atoms with E-state index < -0.39 is 0 Å². The number of para-hydroxylation sites is 1. The summed E-state index contributed by atoms with van der Waals surface area (Å²) in [6, 6.07) is 11.9. The minimum atomic E-state index is 0.398. The molecule has 0 spiro atoms. The van der Waals surface area contributed by atoms with E-state index in [2.05, 4.69) is 24.1 Å². The standard InChI is InChI=1S/C14H17N3/c1-10(2)12-8-9-16-14(13(12)15)17-11-6-4-3-5-7-11/h3-10H,15H2,1-2H3,(H,16,17). The van der Waals surface area contributed by atoms with Crippen molar-refractivity contribution >= 4 is 17.2 Å². The quantitative estimate of drug-likeness (QED) is 0.843. The van der Waals surface area contributed by atoms with Crippen molar-refractivity contribution in [2.75, 3.05) is 11.1 Å². The highest BCUT2D eigenvalue weighted by molar-refractivity contribution is 5.71. The monoisotopic (exact) mass is 227 g/mol. The highest BCUT2D eigenvalue weighted by Crippen LogP contribution is 2.28. The molecule has 3 heteroatoms. The Hall–Kier alpha value is -2.03. The molecule has 0 saturated carbocycles. The fraction of sp³-hybridized carbons (Fsp3) is 0.214. The summed E-state index contributed by atoms with van der Waals surface area (Å²) < 4.78 is 0. The lowest BCUT2D eigenvalue weighted by molar-refractivity contribution is 0.867. The Morgan fingerprint density at radius 3 is 2.47 bits per heavy atom. The van der Waals surface area contributed by atoms with E-state index in [9.17, 15) is 0 Å². The molecule has 0 aliphatic carbocycles. The molecule has 17 heavy (non-hydrogen) atoms. The minimum Gasteiger partial charge on any atom is -0.395 e. The zero-order valence-corrected chi connectivity index (χ0v) is 10.1. The molecular weight excluding hydrogens is 210 g/mol. The van der Waals surface area contributed by atoms with Gasteiger partial charge in [0, 0.05) is 11.9 Å². The summed E-state index contributed by atoms with van der Waals surface area (Å²) in [6.45, 7) is 4.25. The second kappa shape index (κ2) is 4.87.